The van der Waals surface area contributed by atoms with Crippen molar-refractivity contribution < 1.29 is 23.4 Å². The van der Waals surface area contributed by atoms with E-state index in [2.05, 4.69) is 4.98 Å². The lowest BCUT2D eigenvalue weighted by atomic mass is 9.87. The highest BCUT2D eigenvalue weighted by atomic mass is 32.1. The molecule has 1 N–H and O–H groups in total. The predicted molar refractivity (Wildman–Crippen MR) is 65.9 cm³/mol. The molecule has 0 bridgehead atoms. The summed E-state index contributed by atoms with van der Waals surface area (Å²) in [6.45, 7) is 0.126. The van der Waals surface area contributed by atoms with E-state index in [9.17, 15) is 13.6 Å². The van der Waals surface area contributed by atoms with Gasteiger partial charge in [-0.1, -0.05) is 0 Å². The summed E-state index contributed by atoms with van der Waals surface area (Å²) >= 11 is 1.08. The average Bonchev–Trinajstić information content (AvgIpc) is 2.73. The fourth-order valence-electron chi connectivity index (χ4n) is 2.23. The molecule has 0 aliphatic heterocycles. The van der Waals surface area contributed by atoms with Gasteiger partial charge in [0.05, 0.1) is 17.3 Å². The molecule has 1 aliphatic rings. The van der Waals surface area contributed by atoms with Crippen LogP contribution in [0.1, 0.15) is 52.0 Å². The summed E-state index contributed by atoms with van der Waals surface area (Å²) in [5.41, 5.74) is 0.382. The number of carbonyl (C=O) groups is 1. The van der Waals surface area contributed by atoms with Crippen molar-refractivity contribution in [2.24, 2.45) is 0 Å². The number of nitrogens with zero attached hydrogens (tertiary/aromatic N) is 1. The third-order valence-electron chi connectivity index (χ3n) is 3.26. The van der Waals surface area contributed by atoms with Gasteiger partial charge in [0.1, 0.15) is 4.88 Å². The van der Waals surface area contributed by atoms with E-state index in [1.54, 1.807) is 0 Å². The number of hydrogen-bond donors (Lipinski definition) is 1. The minimum atomic E-state index is -2.58. The lowest BCUT2D eigenvalue weighted by Gasteiger charge is -2.26. The molecule has 0 saturated heterocycles. The quantitative estimate of drug-likeness (QED) is 0.924. The second-order valence-electron chi connectivity index (χ2n) is 4.70. The van der Waals surface area contributed by atoms with Crippen LogP contribution in [0.25, 0.3) is 0 Å². The van der Waals surface area contributed by atoms with E-state index in [0.717, 1.165) is 11.3 Å². The topological polar surface area (TPSA) is 59.4 Å². The van der Waals surface area contributed by atoms with Gasteiger partial charge in [0.15, 0.2) is 0 Å². The van der Waals surface area contributed by atoms with Crippen LogP contribution in [0.3, 0.4) is 0 Å². The summed E-state index contributed by atoms with van der Waals surface area (Å²) in [6, 6.07) is 0. The van der Waals surface area contributed by atoms with Crippen molar-refractivity contribution in [1.29, 1.82) is 0 Å². The van der Waals surface area contributed by atoms with Crippen LogP contribution >= 0.6 is 11.3 Å². The van der Waals surface area contributed by atoms with Crippen LogP contribution in [0, 0.1) is 0 Å². The molecular weight excluding hydrogens is 276 g/mol. The third kappa shape index (κ3) is 3.27. The van der Waals surface area contributed by atoms with Crippen LogP contribution in [0.4, 0.5) is 8.78 Å². The number of aromatic nitrogens is 1. The molecule has 0 radical (unpaired) electrons. The van der Waals surface area contributed by atoms with Gasteiger partial charge in [-0.2, -0.15) is 0 Å². The maximum absolute atomic E-state index is 13.1. The average molecular weight is 291 g/mol. The normalized spacial score (nSPS) is 19.5. The molecule has 1 aliphatic carbocycles. The summed E-state index contributed by atoms with van der Waals surface area (Å²) in [5, 5.41) is 9.72. The number of carboxylic acids is 1. The van der Waals surface area contributed by atoms with Gasteiger partial charge in [-0.15, -0.1) is 11.3 Å². The molecule has 1 aromatic heterocycles. The van der Waals surface area contributed by atoms with Gasteiger partial charge in [0, 0.05) is 25.9 Å². The first-order chi connectivity index (χ1) is 8.93. The highest BCUT2D eigenvalue weighted by molar-refractivity contribution is 7.13. The summed E-state index contributed by atoms with van der Waals surface area (Å²) in [6.07, 6.45) is 0.399. The van der Waals surface area contributed by atoms with Gasteiger partial charge in [-0.25, -0.2) is 18.6 Å². The number of alkyl halides is 2. The number of aromatic carboxylic acids is 1. The van der Waals surface area contributed by atoms with Gasteiger partial charge in [-0.05, 0) is 12.8 Å². The van der Waals surface area contributed by atoms with Crippen LogP contribution in [-0.2, 0) is 11.3 Å². The number of thiazole rings is 1. The van der Waals surface area contributed by atoms with E-state index >= 15 is 0 Å². The fraction of sp³-hybridized carbons (Fsp3) is 0.667. The second-order valence-corrected chi connectivity index (χ2v) is 5.73. The van der Waals surface area contributed by atoms with Crippen molar-refractivity contribution in [3.05, 3.63) is 15.6 Å². The van der Waals surface area contributed by atoms with Crippen LogP contribution in [0.15, 0.2) is 0 Å². The highest BCUT2D eigenvalue weighted by Gasteiger charge is 2.36. The van der Waals surface area contributed by atoms with E-state index in [0.29, 0.717) is 23.5 Å². The minimum absolute atomic E-state index is 0.0617. The molecule has 1 aromatic rings. The Morgan fingerprint density at radius 3 is 2.68 bits per heavy atom. The Hall–Kier alpha value is -1.08. The van der Waals surface area contributed by atoms with E-state index in [1.165, 1.54) is 7.11 Å². The summed E-state index contributed by atoms with van der Waals surface area (Å²) in [7, 11) is 1.46. The van der Waals surface area contributed by atoms with E-state index in [4.69, 9.17) is 9.84 Å². The molecule has 1 saturated carbocycles. The Morgan fingerprint density at radius 2 is 2.16 bits per heavy atom. The summed E-state index contributed by atoms with van der Waals surface area (Å²) in [5.74, 6) is -3.69. The van der Waals surface area contributed by atoms with E-state index in [1.807, 2.05) is 0 Å². The monoisotopic (exact) mass is 291 g/mol. The van der Waals surface area contributed by atoms with Crippen molar-refractivity contribution >= 4 is 17.3 Å². The maximum Gasteiger partial charge on any atom is 0.347 e. The lowest BCUT2D eigenvalue weighted by molar-refractivity contribution is -0.0382. The van der Waals surface area contributed by atoms with Crippen molar-refractivity contribution in [2.45, 2.75) is 44.1 Å². The van der Waals surface area contributed by atoms with Gasteiger partial charge >= 0.3 is 5.97 Å². The molecule has 19 heavy (non-hydrogen) atoms. The summed E-state index contributed by atoms with van der Waals surface area (Å²) in [4.78, 5) is 15.5. The smallest absolute Gasteiger partial charge is 0.347 e. The van der Waals surface area contributed by atoms with Gasteiger partial charge in [-0.3, -0.25) is 0 Å². The number of carboxylic acid groups (broad SMARTS) is 1. The maximum atomic E-state index is 13.1. The van der Waals surface area contributed by atoms with Gasteiger partial charge < -0.3 is 9.84 Å². The minimum Gasteiger partial charge on any atom is -0.477 e. The number of rotatable bonds is 4. The fourth-order valence-corrected chi connectivity index (χ4v) is 3.31. The molecule has 7 heteroatoms. The first kappa shape index (κ1) is 14.3. The standard InChI is InChI=1S/C12H15F2NO3S/c1-18-6-8-9(11(16)17)19-10(15-8)7-2-4-12(13,14)5-3-7/h7H,2-6H2,1H3,(H,16,17). The molecule has 0 atom stereocenters. The number of hydrogen-bond acceptors (Lipinski definition) is 4. The lowest BCUT2D eigenvalue weighted by Crippen LogP contribution is -2.23. The Bertz CT molecular complexity index is 466. The zero-order valence-electron chi connectivity index (χ0n) is 10.5. The number of halogens is 2. The second kappa shape index (κ2) is 5.50. The Kier molecular flexibility index (Phi) is 4.15. The molecule has 0 aromatic carbocycles. The summed E-state index contributed by atoms with van der Waals surface area (Å²) < 4.78 is 31.1. The Balaban J connectivity index is 2.17. The molecule has 0 unspecified atom stereocenters. The predicted octanol–water partition coefficient (Wildman–Crippen LogP) is 3.28. The zero-order valence-corrected chi connectivity index (χ0v) is 11.3. The van der Waals surface area contributed by atoms with Crippen molar-refractivity contribution in [2.75, 3.05) is 7.11 Å². The van der Waals surface area contributed by atoms with Crippen molar-refractivity contribution in [3.63, 3.8) is 0 Å². The third-order valence-corrected chi connectivity index (χ3v) is 4.50. The number of methoxy groups -OCH3 is 1. The zero-order chi connectivity index (χ0) is 14.0. The molecule has 1 heterocycles. The Labute approximate surface area is 113 Å². The molecular formula is C12H15F2NO3S. The van der Waals surface area contributed by atoms with Gasteiger partial charge in [0.2, 0.25) is 5.92 Å². The largest absolute Gasteiger partial charge is 0.477 e. The Morgan fingerprint density at radius 1 is 1.53 bits per heavy atom. The van der Waals surface area contributed by atoms with E-state index in [-0.39, 0.29) is 30.2 Å². The van der Waals surface area contributed by atoms with Crippen LogP contribution in [0.2, 0.25) is 0 Å². The molecule has 4 nitrogen and oxygen atoms in total. The molecule has 0 spiro atoms. The van der Waals surface area contributed by atoms with Crippen molar-refractivity contribution in [3.8, 4) is 0 Å². The van der Waals surface area contributed by atoms with Crippen molar-refractivity contribution in [1.82, 2.24) is 4.98 Å². The first-order valence-electron chi connectivity index (χ1n) is 6.02. The first-order valence-corrected chi connectivity index (χ1v) is 6.84. The molecule has 1 fully saturated rings. The molecule has 106 valence electrons. The SMILES string of the molecule is COCc1nc(C2CCC(F)(F)CC2)sc1C(=O)O. The molecule has 2 rings (SSSR count). The number of ether oxygens (including phenoxy) is 1. The van der Waals surface area contributed by atoms with Crippen LogP contribution in [-0.4, -0.2) is 29.1 Å². The highest BCUT2D eigenvalue weighted by Crippen LogP contribution is 2.42. The van der Waals surface area contributed by atoms with Gasteiger partial charge in [0.25, 0.3) is 0 Å². The van der Waals surface area contributed by atoms with Crippen LogP contribution in [0.5, 0.6) is 0 Å². The molecule has 0 amide bonds. The van der Waals surface area contributed by atoms with Crippen LogP contribution < -0.4 is 0 Å². The van der Waals surface area contributed by atoms with E-state index < -0.39 is 11.9 Å².